The summed E-state index contributed by atoms with van der Waals surface area (Å²) in [6, 6.07) is 7.15. The van der Waals surface area contributed by atoms with Crippen LogP contribution >= 0.6 is 19.4 Å². The van der Waals surface area contributed by atoms with Crippen LogP contribution in [0, 0.1) is 0 Å². The van der Waals surface area contributed by atoms with E-state index in [0.717, 1.165) is 6.26 Å². The molecule has 18 heavy (non-hydrogen) atoms. The Morgan fingerprint density at radius 1 is 1.50 bits per heavy atom. The van der Waals surface area contributed by atoms with Gasteiger partial charge in [-0.3, -0.25) is 9.05 Å². The van der Waals surface area contributed by atoms with Crippen LogP contribution in [-0.2, 0) is 18.1 Å². The van der Waals surface area contributed by atoms with E-state index in [0.29, 0.717) is 10.6 Å². The molecule has 0 aliphatic carbocycles. The minimum atomic E-state index is -3.64. The van der Waals surface area contributed by atoms with Gasteiger partial charge in [-0.15, -0.1) is 0 Å². The summed E-state index contributed by atoms with van der Waals surface area (Å²) in [4.78, 5) is 0. The van der Waals surface area contributed by atoms with Crippen LogP contribution in [0.15, 0.2) is 37.1 Å². The van der Waals surface area contributed by atoms with E-state index in [2.05, 4.69) is 6.58 Å². The predicted molar refractivity (Wildman–Crippen MR) is 71.5 cm³/mol. The van der Waals surface area contributed by atoms with Crippen LogP contribution < -0.4 is 0 Å². The van der Waals surface area contributed by atoms with Crippen LogP contribution in [0.2, 0.25) is 5.02 Å². The lowest BCUT2D eigenvalue weighted by atomic mass is 10.1. The monoisotopic (exact) mass is 290 g/mol. The van der Waals surface area contributed by atoms with E-state index in [1.165, 1.54) is 0 Å². The molecule has 1 aromatic rings. The fourth-order valence-electron chi connectivity index (χ4n) is 1.39. The van der Waals surface area contributed by atoms with Gasteiger partial charge in [-0.2, -0.15) is 0 Å². The summed E-state index contributed by atoms with van der Waals surface area (Å²) >= 11 is 6.03. The number of benzene rings is 1. The molecule has 0 radical (unpaired) electrons. The zero-order valence-electron chi connectivity index (χ0n) is 10.3. The second kappa shape index (κ2) is 6.95. The quantitative estimate of drug-likeness (QED) is 0.538. The molecule has 0 spiro atoms. The fraction of sp³-hybridized carbons (Fsp3) is 0.333. The molecule has 0 bridgehead atoms. The first-order valence-corrected chi connectivity index (χ1v) is 7.33. The summed E-state index contributed by atoms with van der Waals surface area (Å²) in [5.41, 5.74) is 0.715. The zero-order chi connectivity index (χ0) is 13.6. The van der Waals surface area contributed by atoms with E-state index in [-0.39, 0.29) is 6.61 Å². The molecule has 4 nitrogen and oxygen atoms in total. The lowest BCUT2D eigenvalue weighted by molar-refractivity contribution is 0.111. The molecular formula is C12H16ClO4P. The molecule has 6 heteroatoms. The Kier molecular flexibility index (Phi) is 5.89. The van der Waals surface area contributed by atoms with E-state index >= 15 is 0 Å². The molecule has 0 heterocycles. The molecule has 0 aliphatic rings. The second-order valence-electron chi connectivity index (χ2n) is 3.41. The Morgan fingerprint density at radius 2 is 2.17 bits per heavy atom. The lowest BCUT2D eigenvalue weighted by Gasteiger charge is -2.20. The highest BCUT2D eigenvalue weighted by Crippen LogP contribution is 2.53. The van der Waals surface area contributed by atoms with E-state index in [4.69, 9.17) is 25.2 Å². The molecule has 1 aromatic carbocycles. The second-order valence-corrected chi connectivity index (χ2v) is 5.39. The smallest absolute Gasteiger partial charge is 0.413 e. The zero-order valence-corrected chi connectivity index (χ0v) is 12.0. The van der Waals surface area contributed by atoms with Gasteiger partial charge in [0.1, 0.15) is 0 Å². The maximum atomic E-state index is 12.1. The predicted octanol–water partition coefficient (Wildman–Crippen LogP) is 4.72. The number of hydrogen-bond donors (Lipinski definition) is 0. The number of halogens is 1. The Bertz CT molecular complexity index is 449. The first kappa shape index (κ1) is 15.3. The highest BCUT2D eigenvalue weighted by Gasteiger charge is 2.30. The van der Waals surface area contributed by atoms with E-state index in [1.807, 2.05) is 6.07 Å². The molecule has 0 saturated carbocycles. The third kappa shape index (κ3) is 4.14. The van der Waals surface area contributed by atoms with Gasteiger partial charge in [-0.05, 0) is 25.5 Å². The molecule has 0 N–H and O–H groups in total. The minimum absolute atomic E-state index is 0.209. The van der Waals surface area contributed by atoms with Gasteiger partial charge in [0.2, 0.25) is 0 Å². The Balaban J connectivity index is 2.85. The summed E-state index contributed by atoms with van der Waals surface area (Å²) in [6.45, 7) is 6.97. The molecule has 2 atom stereocenters. The SMILES string of the molecule is C=COP(=O)(OCC)OC(C)c1ccccc1Cl. The molecule has 0 aromatic heterocycles. The standard InChI is InChI=1S/C12H16ClO4P/c1-4-15-18(14,16-5-2)17-10(3)11-8-6-7-9-12(11)13/h4,6-10H,1,5H2,2-3H3. The van der Waals surface area contributed by atoms with Crippen molar-refractivity contribution in [1.29, 1.82) is 0 Å². The minimum Gasteiger partial charge on any atom is -0.413 e. The third-order valence-corrected chi connectivity index (χ3v) is 4.02. The summed E-state index contributed by atoms with van der Waals surface area (Å²) in [5, 5.41) is 0.534. The van der Waals surface area contributed by atoms with E-state index in [1.54, 1.807) is 32.0 Å². The Morgan fingerprint density at radius 3 is 2.72 bits per heavy atom. The fourth-order valence-corrected chi connectivity index (χ4v) is 2.85. The molecule has 2 unspecified atom stereocenters. The Labute approximate surface area is 112 Å². The lowest BCUT2D eigenvalue weighted by Crippen LogP contribution is -2.03. The molecule has 0 fully saturated rings. The maximum Gasteiger partial charge on any atom is 0.530 e. The maximum absolute atomic E-state index is 12.1. The van der Waals surface area contributed by atoms with Crippen molar-refractivity contribution in [3.05, 3.63) is 47.7 Å². The van der Waals surface area contributed by atoms with Gasteiger partial charge in [-0.1, -0.05) is 36.4 Å². The van der Waals surface area contributed by atoms with Crippen LogP contribution in [0.4, 0.5) is 0 Å². The largest absolute Gasteiger partial charge is 0.530 e. The van der Waals surface area contributed by atoms with Crippen molar-refractivity contribution < 1.29 is 18.1 Å². The van der Waals surface area contributed by atoms with Crippen LogP contribution in [0.25, 0.3) is 0 Å². The third-order valence-electron chi connectivity index (χ3n) is 2.12. The molecule has 0 aliphatic heterocycles. The average molecular weight is 291 g/mol. The topological polar surface area (TPSA) is 44.8 Å². The van der Waals surface area contributed by atoms with Crippen molar-refractivity contribution in [3.8, 4) is 0 Å². The van der Waals surface area contributed by atoms with Gasteiger partial charge in [-0.25, -0.2) is 4.57 Å². The van der Waals surface area contributed by atoms with Crippen molar-refractivity contribution in [2.75, 3.05) is 6.61 Å². The van der Waals surface area contributed by atoms with Gasteiger partial charge < -0.3 is 4.52 Å². The van der Waals surface area contributed by atoms with E-state index < -0.39 is 13.9 Å². The average Bonchev–Trinajstić information content (AvgIpc) is 2.29. The number of phosphoric acid groups is 1. The number of phosphoric ester groups is 1. The van der Waals surface area contributed by atoms with Crippen LogP contribution in [-0.4, -0.2) is 6.61 Å². The summed E-state index contributed by atoms with van der Waals surface area (Å²) in [6.07, 6.45) is 0.520. The van der Waals surface area contributed by atoms with Gasteiger partial charge in [0, 0.05) is 5.02 Å². The van der Waals surface area contributed by atoms with Crippen molar-refractivity contribution in [2.24, 2.45) is 0 Å². The normalized spacial score (nSPS) is 15.7. The molecule has 1 rings (SSSR count). The van der Waals surface area contributed by atoms with Crippen molar-refractivity contribution in [3.63, 3.8) is 0 Å². The molecule has 0 amide bonds. The summed E-state index contributed by atoms with van der Waals surface area (Å²) < 4.78 is 27.3. The summed E-state index contributed by atoms with van der Waals surface area (Å²) in [7, 11) is -3.64. The van der Waals surface area contributed by atoms with Crippen molar-refractivity contribution in [2.45, 2.75) is 20.0 Å². The summed E-state index contributed by atoms with van der Waals surface area (Å²) in [5.74, 6) is 0. The van der Waals surface area contributed by atoms with Gasteiger partial charge in [0.05, 0.1) is 19.0 Å². The van der Waals surface area contributed by atoms with Crippen molar-refractivity contribution >= 4 is 19.4 Å². The van der Waals surface area contributed by atoms with Gasteiger partial charge in [0.15, 0.2) is 0 Å². The van der Waals surface area contributed by atoms with Crippen LogP contribution in [0.5, 0.6) is 0 Å². The highest BCUT2D eigenvalue weighted by molar-refractivity contribution is 7.48. The van der Waals surface area contributed by atoms with Crippen molar-refractivity contribution in [1.82, 2.24) is 0 Å². The van der Waals surface area contributed by atoms with Crippen LogP contribution in [0.1, 0.15) is 25.5 Å². The first-order valence-electron chi connectivity index (χ1n) is 5.49. The van der Waals surface area contributed by atoms with Crippen LogP contribution in [0.3, 0.4) is 0 Å². The van der Waals surface area contributed by atoms with Gasteiger partial charge in [0.25, 0.3) is 0 Å². The van der Waals surface area contributed by atoms with Gasteiger partial charge >= 0.3 is 7.82 Å². The number of hydrogen-bond acceptors (Lipinski definition) is 4. The first-order chi connectivity index (χ1) is 8.52. The highest BCUT2D eigenvalue weighted by atomic mass is 35.5. The Hall–Kier alpha value is -0.800. The number of rotatable bonds is 7. The molecule has 100 valence electrons. The molecular weight excluding hydrogens is 275 g/mol. The van der Waals surface area contributed by atoms with E-state index in [9.17, 15) is 4.57 Å². The molecule has 0 saturated heterocycles.